The highest BCUT2D eigenvalue weighted by Gasteiger charge is 2.34. The summed E-state index contributed by atoms with van der Waals surface area (Å²) in [7, 11) is 0. The normalized spacial score (nSPS) is 11.4. The molecule has 2 amide bonds. The Hall–Kier alpha value is -4.46. The Kier molecular flexibility index (Phi) is 6.37. The monoisotopic (exact) mass is 520 g/mol. The number of hydrogen-bond acceptors (Lipinski definition) is 8. The van der Waals surface area contributed by atoms with Gasteiger partial charge in [-0.25, -0.2) is 4.98 Å². The van der Waals surface area contributed by atoms with Crippen LogP contribution in [0, 0.1) is 17.0 Å². The Morgan fingerprint density at radius 3 is 2.53 bits per heavy atom. The molecule has 0 spiro atoms. The first-order valence-corrected chi connectivity index (χ1v) is 10.8. The van der Waals surface area contributed by atoms with Crippen LogP contribution in [0.15, 0.2) is 46.9 Å². The number of carbonyl (C=O) groups is 2. The maximum atomic E-state index is 13.1. The van der Waals surface area contributed by atoms with E-state index in [9.17, 15) is 32.9 Å². The molecule has 3 N–H and O–H groups in total. The zero-order valence-electron chi connectivity index (χ0n) is 18.2. The number of non-ortho nitro benzene ring substituents is 1. The number of anilines is 1. The number of aryl methyl sites for hydroxylation is 1. The van der Waals surface area contributed by atoms with Gasteiger partial charge < -0.3 is 20.2 Å². The van der Waals surface area contributed by atoms with E-state index in [1.807, 2.05) is 0 Å². The van der Waals surface area contributed by atoms with Gasteiger partial charge in [0, 0.05) is 17.5 Å². The van der Waals surface area contributed by atoms with Gasteiger partial charge in [0.2, 0.25) is 0 Å². The summed E-state index contributed by atoms with van der Waals surface area (Å²) in [6, 6.07) is 8.97. The van der Waals surface area contributed by atoms with E-state index in [-0.39, 0.29) is 50.2 Å². The second-order valence-corrected chi connectivity index (χ2v) is 8.43. The number of nitro groups is 1. The molecule has 0 saturated heterocycles. The number of carbonyl (C=O) groups excluding carboxylic acids is 2. The third kappa shape index (κ3) is 4.98. The summed E-state index contributed by atoms with van der Waals surface area (Å²) in [5.41, 5.74) is 4.23. The van der Waals surface area contributed by atoms with Gasteiger partial charge in [-0.1, -0.05) is 0 Å². The molecule has 0 aliphatic rings. The number of benzene rings is 1. The molecule has 1 aromatic carbocycles. The van der Waals surface area contributed by atoms with Crippen LogP contribution in [0.2, 0.25) is 0 Å². The second-order valence-electron chi connectivity index (χ2n) is 7.43. The second kappa shape index (κ2) is 9.30. The first kappa shape index (κ1) is 24.7. The minimum absolute atomic E-state index is 0.0636. The number of amides is 2. The summed E-state index contributed by atoms with van der Waals surface area (Å²) < 4.78 is 50.4. The molecule has 4 aromatic rings. The minimum Gasteiger partial charge on any atom is -0.486 e. The van der Waals surface area contributed by atoms with Crippen molar-refractivity contribution in [3.8, 4) is 5.75 Å². The Bertz CT molecular complexity index is 1490. The number of fused-ring (bicyclic) bond motifs is 1. The lowest BCUT2D eigenvalue weighted by Crippen LogP contribution is -2.16. The minimum atomic E-state index is -4.69. The summed E-state index contributed by atoms with van der Waals surface area (Å²) in [6.07, 6.45) is -4.69. The van der Waals surface area contributed by atoms with Crippen molar-refractivity contribution in [1.29, 1.82) is 0 Å². The van der Waals surface area contributed by atoms with Gasteiger partial charge in [-0.2, -0.15) is 13.2 Å². The largest absolute Gasteiger partial charge is 0.486 e. The van der Waals surface area contributed by atoms with Crippen LogP contribution in [-0.4, -0.2) is 21.7 Å². The van der Waals surface area contributed by atoms with Gasteiger partial charge in [-0.3, -0.25) is 19.7 Å². The van der Waals surface area contributed by atoms with Gasteiger partial charge in [0.15, 0.2) is 5.76 Å². The number of furan rings is 1. The van der Waals surface area contributed by atoms with Crippen LogP contribution in [0.4, 0.5) is 24.5 Å². The lowest BCUT2D eigenvalue weighted by atomic mass is 10.1. The third-order valence-electron chi connectivity index (χ3n) is 4.93. The number of thiophene rings is 1. The molecule has 0 aliphatic heterocycles. The number of nitrogens with two attached hydrogens (primary N) is 1. The zero-order valence-corrected chi connectivity index (χ0v) is 19.0. The molecule has 0 bridgehead atoms. The van der Waals surface area contributed by atoms with Crippen LogP contribution in [-0.2, 0) is 12.8 Å². The number of ether oxygens (including phenoxy) is 1. The van der Waals surface area contributed by atoms with Crippen molar-refractivity contribution in [2.75, 3.05) is 5.32 Å². The highest BCUT2D eigenvalue weighted by molar-refractivity contribution is 7.21. The Morgan fingerprint density at radius 1 is 1.22 bits per heavy atom. The topological polar surface area (TPSA) is 151 Å². The van der Waals surface area contributed by atoms with Crippen molar-refractivity contribution in [3.05, 3.63) is 80.2 Å². The molecule has 4 rings (SSSR count). The molecule has 0 saturated carbocycles. The van der Waals surface area contributed by atoms with E-state index >= 15 is 0 Å². The highest BCUT2D eigenvalue weighted by atomic mass is 32.1. The molecule has 3 aromatic heterocycles. The number of aromatic nitrogens is 1. The molecule has 14 heteroatoms. The van der Waals surface area contributed by atoms with E-state index in [4.69, 9.17) is 14.9 Å². The predicted molar refractivity (Wildman–Crippen MR) is 122 cm³/mol. The average molecular weight is 520 g/mol. The van der Waals surface area contributed by atoms with Crippen LogP contribution in [0.25, 0.3) is 10.2 Å². The quantitative estimate of drug-likeness (QED) is 0.255. The number of nitro benzene ring substituents is 1. The van der Waals surface area contributed by atoms with Gasteiger partial charge >= 0.3 is 6.18 Å². The Labute approximate surface area is 203 Å². The summed E-state index contributed by atoms with van der Waals surface area (Å²) in [5, 5.41) is 13.4. The number of hydrogen-bond donors (Lipinski definition) is 2. The molecular formula is C22H15F3N4O6S. The van der Waals surface area contributed by atoms with Crippen molar-refractivity contribution in [2.24, 2.45) is 5.73 Å². The number of rotatable bonds is 7. The molecule has 186 valence electrons. The maximum absolute atomic E-state index is 13.1. The molecule has 10 nitrogen and oxygen atoms in total. The van der Waals surface area contributed by atoms with Crippen LogP contribution >= 0.6 is 11.3 Å². The maximum Gasteiger partial charge on any atom is 0.433 e. The van der Waals surface area contributed by atoms with Gasteiger partial charge in [0.1, 0.15) is 33.5 Å². The molecular weight excluding hydrogens is 505 g/mol. The Morgan fingerprint density at radius 2 is 1.92 bits per heavy atom. The van der Waals surface area contributed by atoms with E-state index < -0.39 is 28.6 Å². The summed E-state index contributed by atoms with van der Waals surface area (Å²) in [5.74, 6) is -1.31. The van der Waals surface area contributed by atoms with E-state index in [1.165, 1.54) is 43.3 Å². The molecule has 36 heavy (non-hydrogen) atoms. The van der Waals surface area contributed by atoms with Crippen molar-refractivity contribution in [2.45, 2.75) is 19.7 Å². The molecule has 3 heterocycles. The molecule has 0 fully saturated rings. The number of nitrogens with one attached hydrogen (secondary N) is 1. The fourth-order valence-corrected chi connectivity index (χ4v) is 4.35. The predicted octanol–water partition coefficient (Wildman–Crippen LogP) is 5.05. The van der Waals surface area contributed by atoms with E-state index in [2.05, 4.69) is 10.3 Å². The van der Waals surface area contributed by atoms with Crippen molar-refractivity contribution in [3.63, 3.8) is 0 Å². The third-order valence-corrected chi connectivity index (χ3v) is 6.02. The van der Waals surface area contributed by atoms with E-state index in [0.717, 1.165) is 6.07 Å². The fraction of sp³-hybridized carbons (Fsp3) is 0.136. The average Bonchev–Trinajstić information content (AvgIpc) is 3.43. The van der Waals surface area contributed by atoms with Crippen molar-refractivity contribution >= 4 is 44.7 Å². The van der Waals surface area contributed by atoms with Gasteiger partial charge in [0.05, 0.1) is 10.6 Å². The standard InChI is InChI=1S/C22H15F3N4O6S/c1-10-8-15(22(23,24)25)27-21-16(10)17(18(36-21)19(26)30)28-20(31)14-7-6-13(35-14)9-34-12-4-2-11(3-5-12)29(32)33/h2-8H,9H2,1H3,(H2,26,30)(H,28,31). The molecule has 0 radical (unpaired) electrons. The first-order valence-electron chi connectivity index (χ1n) is 10.0. The molecule has 0 atom stereocenters. The fourth-order valence-electron chi connectivity index (χ4n) is 3.29. The number of halogens is 3. The van der Waals surface area contributed by atoms with Crippen LogP contribution in [0.5, 0.6) is 5.75 Å². The van der Waals surface area contributed by atoms with Crippen molar-refractivity contribution < 1.29 is 36.8 Å². The highest BCUT2D eigenvalue weighted by Crippen LogP contribution is 2.40. The molecule has 0 unspecified atom stereocenters. The number of pyridine rings is 1. The Balaban J connectivity index is 1.54. The molecule has 0 aliphatic carbocycles. The number of nitrogens with zero attached hydrogens (tertiary/aromatic N) is 2. The smallest absolute Gasteiger partial charge is 0.433 e. The van der Waals surface area contributed by atoms with Crippen LogP contribution in [0.1, 0.15) is 37.2 Å². The number of primary amides is 1. The van der Waals surface area contributed by atoms with Gasteiger partial charge in [-0.05, 0) is 42.8 Å². The zero-order chi connectivity index (χ0) is 26.2. The lowest BCUT2D eigenvalue weighted by Gasteiger charge is -2.09. The SMILES string of the molecule is Cc1cc(C(F)(F)F)nc2sc(C(N)=O)c(NC(=O)c3ccc(COc4ccc([N+](=O)[O-])cc4)o3)c12. The van der Waals surface area contributed by atoms with Crippen LogP contribution < -0.4 is 15.8 Å². The summed E-state index contributed by atoms with van der Waals surface area (Å²) in [4.78, 5) is 38.2. The van der Waals surface area contributed by atoms with Gasteiger partial charge in [0.25, 0.3) is 17.5 Å². The first-order chi connectivity index (χ1) is 16.9. The summed E-state index contributed by atoms with van der Waals surface area (Å²) >= 11 is 0.634. The number of alkyl halides is 3. The lowest BCUT2D eigenvalue weighted by molar-refractivity contribution is -0.384. The van der Waals surface area contributed by atoms with E-state index in [0.29, 0.717) is 17.1 Å². The van der Waals surface area contributed by atoms with E-state index in [1.54, 1.807) is 0 Å². The van der Waals surface area contributed by atoms with Crippen LogP contribution in [0.3, 0.4) is 0 Å². The summed E-state index contributed by atoms with van der Waals surface area (Å²) in [6.45, 7) is 1.30. The van der Waals surface area contributed by atoms with Crippen molar-refractivity contribution in [1.82, 2.24) is 4.98 Å². The van der Waals surface area contributed by atoms with Gasteiger partial charge in [-0.15, -0.1) is 11.3 Å².